The first-order chi connectivity index (χ1) is 8.22. The highest BCUT2D eigenvalue weighted by Gasteiger charge is 2.25. The molecule has 0 aromatic heterocycles. The number of hydroxylamine groups is 1. The summed E-state index contributed by atoms with van der Waals surface area (Å²) >= 11 is 0. The minimum atomic E-state index is 0.158. The van der Waals surface area contributed by atoms with Crippen molar-refractivity contribution in [2.75, 3.05) is 25.7 Å². The van der Waals surface area contributed by atoms with Gasteiger partial charge in [0.2, 0.25) is 5.91 Å². The van der Waals surface area contributed by atoms with Gasteiger partial charge in [0.1, 0.15) is 0 Å². The second kappa shape index (κ2) is 5.16. The van der Waals surface area contributed by atoms with E-state index < -0.39 is 0 Å². The zero-order valence-electron chi connectivity index (χ0n) is 10.1. The Morgan fingerprint density at radius 2 is 2.29 bits per heavy atom. The molecule has 5 heteroatoms. The van der Waals surface area contributed by atoms with Crippen LogP contribution in [0.2, 0.25) is 0 Å². The van der Waals surface area contributed by atoms with Crippen LogP contribution in [0.15, 0.2) is 24.3 Å². The van der Waals surface area contributed by atoms with E-state index in [2.05, 4.69) is 11.5 Å². The van der Waals surface area contributed by atoms with Crippen LogP contribution < -0.4 is 10.5 Å². The summed E-state index contributed by atoms with van der Waals surface area (Å²) < 4.78 is 0. The van der Waals surface area contributed by atoms with Gasteiger partial charge in [0, 0.05) is 26.6 Å². The molecule has 92 valence electrons. The van der Waals surface area contributed by atoms with Gasteiger partial charge >= 0.3 is 0 Å². The second-order valence-electron chi connectivity index (χ2n) is 3.99. The number of hydrogen-bond acceptors (Lipinski definition) is 4. The van der Waals surface area contributed by atoms with Crippen molar-refractivity contribution in [3.8, 4) is 0 Å². The Labute approximate surface area is 101 Å². The number of carbonyl (C=O) groups excluding carboxylic acids is 1. The molecule has 1 aromatic rings. The lowest BCUT2D eigenvalue weighted by Crippen LogP contribution is -2.35. The van der Waals surface area contributed by atoms with Crippen LogP contribution in [0.3, 0.4) is 0 Å². The molecule has 0 aliphatic carbocycles. The van der Waals surface area contributed by atoms with Gasteiger partial charge in [-0.15, -0.1) is 0 Å². The average Bonchev–Trinajstić information content (AvgIpc) is 2.68. The molecule has 1 amide bonds. The number of benzene rings is 1. The van der Waals surface area contributed by atoms with Gasteiger partial charge in [0.05, 0.1) is 12.8 Å². The number of rotatable bonds is 4. The summed E-state index contributed by atoms with van der Waals surface area (Å²) in [6.45, 7) is 1.40. The lowest BCUT2D eigenvalue weighted by atomic mass is 10.2. The van der Waals surface area contributed by atoms with Crippen LogP contribution >= 0.6 is 0 Å². The van der Waals surface area contributed by atoms with Gasteiger partial charge in [-0.05, 0) is 17.7 Å². The Balaban J connectivity index is 2.13. The molecule has 1 aromatic carbocycles. The molecule has 1 N–H and O–H groups in total. The molecular weight excluding hydrogens is 218 g/mol. The van der Waals surface area contributed by atoms with Crippen LogP contribution in [0.25, 0.3) is 0 Å². The molecule has 1 fully saturated rings. The van der Waals surface area contributed by atoms with Gasteiger partial charge in [-0.25, -0.2) is 0 Å². The largest absolute Gasteiger partial charge is 0.305 e. The Kier molecular flexibility index (Phi) is 3.61. The zero-order chi connectivity index (χ0) is 12.3. The third kappa shape index (κ3) is 2.57. The molecule has 0 bridgehead atoms. The molecule has 1 aliphatic heterocycles. The zero-order valence-corrected chi connectivity index (χ0v) is 10.1. The number of nitrogens with one attached hydrogen (secondary N) is 1. The SMILES string of the molecule is CONCc1cccc(N2CCC(=O)N2C)c1. The van der Waals surface area contributed by atoms with Crippen molar-refractivity contribution in [3.05, 3.63) is 29.8 Å². The number of hydrogen-bond donors (Lipinski definition) is 1. The summed E-state index contributed by atoms with van der Waals surface area (Å²) in [5.41, 5.74) is 4.96. The average molecular weight is 235 g/mol. The van der Waals surface area contributed by atoms with E-state index in [1.54, 1.807) is 19.2 Å². The topological polar surface area (TPSA) is 44.8 Å². The maximum Gasteiger partial charge on any atom is 0.242 e. The summed E-state index contributed by atoms with van der Waals surface area (Å²) in [7, 11) is 3.40. The predicted octanol–water partition coefficient (Wildman–Crippen LogP) is 0.921. The Morgan fingerprint density at radius 1 is 1.47 bits per heavy atom. The summed E-state index contributed by atoms with van der Waals surface area (Å²) in [5.74, 6) is 0.158. The maximum atomic E-state index is 11.5. The third-order valence-corrected chi connectivity index (χ3v) is 2.89. The Morgan fingerprint density at radius 3 is 2.94 bits per heavy atom. The first-order valence-electron chi connectivity index (χ1n) is 5.61. The normalized spacial score (nSPS) is 15.8. The molecule has 0 spiro atoms. The van der Waals surface area contributed by atoms with E-state index in [1.807, 2.05) is 23.2 Å². The number of amides is 1. The van der Waals surface area contributed by atoms with E-state index in [0.29, 0.717) is 13.0 Å². The minimum Gasteiger partial charge on any atom is -0.305 e. The molecule has 1 aliphatic rings. The molecule has 1 saturated heterocycles. The van der Waals surface area contributed by atoms with Crippen LogP contribution in [-0.4, -0.2) is 31.6 Å². The summed E-state index contributed by atoms with van der Waals surface area (Å²) in [5, 5.41) is 3.65. The fraction of sp³-hybridized carbons (Fsp3) is 0.417. The lowest BCUT2D eigenvalue weighted by molar-refractivity contribution is -0.126. The van der Waals surface area contributed by atoms with Gasteiger partial charge < -0.3 is 4.84 Å². The van der Waals surface area contributed by atoms with Crippen molar-refractivity contribution in [2.24, 2.45) is 0 Å². The van der Waals surface area contributed by atoms with E-state index in [-0.39, 0.29) is 5.91 Å². The fourth-order valence-corrected chi connectivity index (χ4v) is 1.93. The minimum absolute atomic E-state index is 0.158. The van der Waals surface area contributed by atoms with Gasteiger partial charge in [0.15, 0.2) is 0 Å². The molecule has 1 heterocycles. The summed E-state index contributed by atoms with van der Waals surface area (Å²) in [6, 6.07) is 8.07. The quantitative estimate of drug-likeness (QED) is 0.788. The van der Waals surface area contributed by atoms with Crippen LogP contribution in [0.1, 0.15) is 12.0 Å². The van der Waals surface area contributed by atoms with E-state index in [0.717, 1.165) is 17.8 Å². The number of carbonyl (C=O) groups is 1. The van der Waals surface area contributed by atoms with Crippen molar-refractivity contribution in [1.82, 2.24) is 10.5 Å². The van der Waals surface area contributed by atoms with E-state index in [4.69, 9.17) is 4.84 Å². The number of nitrogens with zero attached hydrogens (tertiary/aromatic N) is 2. The van der Waals surface area contributed by atoms with Crippen molar-refractivity contribution in [3.63, 3.8) is 0 Å². The maximum absolute atomic E-state index is 11.5. The monoisotopic (exact) mass is 235 g/mol. The van der Waals surface area contributed by atoms with Crippen LogP contribution in [0.5, 0.6) is 0 Å². The molecular formula is C12H17N3O2. The predicted molar refractivity (Wildman–Crippen MR) is 65.0 cm³/mol. The smallest absolute Gasteiger partial charge is 0.242 e. The molecule has 0 unspecified atom stereocenters. The second-order valence-corrected chi connectivity index (χ2v) is 3.99. The fourth-order valence-electron chi connectivity index (χ4n) is 1.93. The summed E-state index contributed by atoms with van der Waals surface area (Å²) in [4.78, 5) is 16.3. The van der Waals surface area contributed by atoms with E-state index in [1.165, 1.54) is 0 Å². The molecule has 5 nitrogen and oxygen atoms in total. The van der Waals surface area contributed by atoms with Crippen molar-refractivity contribution >= 4 is 11.6 Å². The molecule has 2 rings (SSSR count). The third-order valence-electron chi connectivity index (χ3n) is 2.89. The number of anilines is 1. The van der Waals surface area contributed by atoms with E-state index in [9.17, 15) is 4.79 Å². The first kappa shape index (κ1) is 11.9. The molecule has 0 saturated carbocycles. The highest BCUT2D eigenvalue weighted by molar-refractivity contribution is 5.81. The van der Waals surface area contributed by atoms with Crippen LogP contribution in [-0.2, 0) is 16.2 Å². The summed E-state index contributed by atoms with van der Waals surface area (Å²) in [6.07, 6.45) is 0.580. The first-order valence-corrected chi connectivity index (χ1v) is 5.61. The molecule has 0 radical (unpaired) electrons. The highest BCUT2D eigenvalue weighted by atomic mass is 16.6. The Hall–Kier alpha value is -1.59. The van der Waals surface area contributed by atoms with E-state index >= 15 is 0 Å². The van der Waals surface area contributed by atoms with Crippen molar-refractivity contribution < 1.29 is 9.63 Å². The van der Waals surface area contributed by atoms with Crippen molar-refractivity contribution in [1.29, 1.82) is 0 Å². The van der Waals surface area contributed by atoms with Gasteiger partial charge in [-0.1, -0.05) is 12.1 Å². The number of hydrazine groups is 1. The van der Waals surface area contributed by atoms with Gasteiger partial charge in [0.25, 0.3) is 0 Å². The van der Waals surface area contributed by atoms with Crippen LogP contribution in [0, 0.1) is 0 Å². The highest BCUT2D eigenvalue weighted by Crippen LogP contribution is 2.22. The Bertz CT molecular complexity index is 408. The van der Waals surface area contributed by atoms with Gasteiger partial charge in [-0.2, -0.15) is 5.48 Å². The lowest BCUT2D eigenvalue weighted by Gasteiger charge is -2.26. The standard InChI is InChI=1S/C12H17N3O2/c1-14-12(16)6-7-15(14)11-5-3-4-10(8-11)9-13-17-2/h3-5,8,13H,6-7,9H2,1-2H3. The van der Waals surface area contributed by atoms with Gasteiger partial charge in [-0.3, -0.25) is 14.8 Å². The molecule has 17 heavy (non-hydrogen) atoms. The molecule has 0 atom stereocenters. The van der Waals surface area contributed by atoms with Crippen molar-refractivity contribution in [2.45, 2.75) is 13.0 Å². The van der Waals surface area contributed by atoms with Crippen LogP contribution in [0.4, 0.5) is 5.69 Å².